The summed E-state index contributed by atoms with van der Waals surface area (Å²) in [7, 11) is 0. The van der Waals surface area contributed by atoms with Crippen LogP contribution in [0.5, 0.6) is 0 Å². The fourth-order valence-electron chi connectivity index (χ4n) is 2.34. The summed E-state index contributed by atoms with van der Waals surface area (Å²) in [5, 5.41) is 5.17. The number of carbonyl (C=O) groups is 3. The van der Waals surface area contributed by atoms with Crippen LogP contribution in [0.1, 0.15) is 31.1 Å². The predicted molar refractivity (Wildman–Crippen MR) is 110 cm³/mol. The molecule has 0 unspecified atom stereocenters. The first-order chi connectivity index (χ1) is 13.8. The maximum atomic E-state index is 13.7. The van der Waals surface area contributed by atoms with Gasteiger partial charge in [-0.15, -0.1) is 11.8 Å². The molecule has 29 heavy (non-hydrogen) atoms. The molecule has 0 spiro atoms. The first-order valence-corrected chi connectivity index (χ1v) is 10.0. The van der Waals surface area contributed by atoms with Crippen LogP contribution in [0.2, 0.25) is 0 Å². The number of amides is 2. The van der Waals surface area contributed by atoms with Crippen LogP contribution in [0, 0.1) is 5.82 Å². The minimum absolute atomic E-state index is 0.00696. The molecule has 2 aromatic carbocycles. The van der Waals surface area contributed by atoms with Gasteiger partial charge in [-0.25, -0.2) is 9.18 Å². The van der Waals surface area contributed by atoms with Crippen LogP contribution in [0.4, 0.5) is 10.1 Å². The number of nitrogens with one attached hydrogen (secondary N) is 2. The van der Waals surface area contributed by atoms with Crippen molar-refractivity contribution in [3.63, 3.8) is 0 Å². The van der Waals surface area contributed by atoms with Gasteiger partial charge in [-0.3, -0.25) is 9.59 Å². The number of hydrogen-bond acceptors (Lipinski definition) is 5. The fourth-order valence-corrected chi connectivity index (χ4v) is 3.19. The van der Waals surface area contributed by atoms with Crippen molar-refractivity contribution < 1.29 is 23.5 Å². The van der Waals surface area contributed by atoms with E-state index in [4.69, 9.17) is 4.74 Å². The summed E-state index contributed by atoms with van der Waals surface area (Å²) in [5.74, 6) is -1.93. The number of hydrogen-bond donors (Lipinski definition) is 2. The number of thioether (sulfide) groups is 1. The Balaban J connectivity index is 2.00. The Hall–Kier alpha value is -2.87. The van der Waals surface area contributed by atoms with Crippen molar-refractivity contribution in [2.75, 3.05) is 11.1 Å². The lowest BCUT2D eigenvalue weighted by molar-refractivity contribution is -0.123. The highest BCUT2D eigenvalue weighted by Gasteiger charge is 2.22. The van der Waals surface area contributed by atoms with E-state index in [1.807, 2.05) is 13.8 Å². The summed E-state index contributed by atoms with van der Waals surface area (Å²) in [6.45, 7) is 5.13. The Kier molecular flexibility index (Phi) is 8.21. The van der Waals surface area contributed by atoms with E-state index in [-0.39, 0.29) is 29.0 Å². The molecule has 2 aromatic rings. The van der Waals surface area contributed by atoms with Crippen LogP contribution < -0.4 is 10.6 Å². The number of para-hydroxylation sites is 1. The van der Waals surface area contributed by atoms with Crippen LogP contribution in [0.25, 0.3) is 0 Å². The Morgan fingerprint density at radius 1 is 1.03 bits per heavy atom. The van der Waals surface area contributed by atoms with Crippen LogP contribution in [-0.4, -0.2) is 35.7 Å². The smallest absolute Gasteiger partial charge is 0.340 e. The molecule has 0 fully saturated rings. The van der Waals surface area contributed by atoms with Gasteiger partial charge in [0.15, 0.2) is 6.10 Å². The van der Waals surface area contributed by atoms with E-state index in [2.05, 4.69) is 10.6 Å². The average Bonchev–Trinajstić information content (AvgIpc) is 2.67. The Morgan fingerprint density at radius 3 is 2.38 bits per heavy atom. The van der Waals surface area contributed by atoms with E-state index in [0.29, 0.717) is 4.90 Å². The zero-order valence-electron chi connectivity index (χ0n) is 16.4. The molecule has 2 N–H and O–H groups in total. The van der Waals surface area contributed by atoms with Gasteiger partial charge in [0.1, 0.15) is 5.82 Å². The van der Waals surface area contributed by atoms with Gasteiger partial charge in [0.2, 0.25) is 5.91 Å². The SMILES string of the molecule is CC(C)NC(=O)CSc1ccccc1C(=O)O[C@H](C)C(=O)Nc1ccccc1F. The highest BCUT2D eigenvalue weighted by Crippen LogP contribution is 2.24. The summed E-state index contributed by atoms with van der Waals surface area (Å²) in [4.78, 5) is 37.2. The minimum atomic E-state index is -1.13. The lowest BCUT2D eigenvalue weighted by Gasteiger charge is -2.15. The molecule has 2 rings (SSSR count). The maximum Gasteiger partial charge on any atom is 0.340 e. The van der Waals surface area contributed by atoms with Gasteiger partial charge >= 0.3 is 5.97 Å². The number of ether oxygens (including phenoxy) is 1. The van der Waals surface area contributed by atoms with Crippen molar-refractivity contribution in [1.82, 2.24) is 5.32 Å². The van der Waals surface area contributed by atoms with Gasteiger partial charge in [0.05, 0.1) is 17.0 Å². The average molecular weight is 418 g/mol. The second-order valence-corrected chi connectivity index (χ2v) is 7.54. The lowest BCUT2D eigenvalue weighted by Crippen LogP contribution is -2.31. The molecule has 0 saturated heterocycles. The van der Waals surface area contributed by atoms with Gasteiger partial charge in [-0.1, -0.05) is 24.3 Å². The zero-order valence-corrected chi connectivity index (χ0v) is 17.2. The largest absolute Gasteiger partial charge is 0.449 e. The van der Waals surface area contributed by atoms with Crippen LogP contribution >= 0.6 is 11.8 Å². The Morgan fingerprint density at radius 2 is 1.69 bits per heavy atom. The number of halogens is 1. The molecule has 6 nitrogen and oxygen atoms in total. The zero-order chi connectivity index (χ0) is 21.4. The summed E-state index contributed by atoms with van der Waals surface area (Å²) >= 11 is 1.20. The number of anilines is 1. The quantitative estimate of drug-likeness (QED) is 0.505. The third-order valence-corrected chi connectivity index (χ3v) is 4.77. The second kappa shape index (κ2) is 10.6. The normalized spacial score (nSPS) is 11.6. The van der Waals surface area contributed by atoms with Gasteiger partial charge < -0.3 is 15.4 Å². The third kappa shape index (κ3) is 6.90. The number of rotatable bonds is 8. The van der Waals surface area contributed by atoms with E-state index in [1.54, 1.807) is 30.3 Å². The standard InChI is InChI=1S/C21H23FN2O4S/c1-13(2)23-19(25)12-29-18-11-7-4-8-15(18)21(27)28-14(3)20(26)24-17-10-6-5-9-16(17)22/h4-11,13-14H,12H2,1-3H3,(H,23,25)(H,24,26)/t14-/m1/s1. The predicted octanol–water partition coefficient (Wildman–Crippen LogP) is 3.63. The summed E-state index contributed by atoms with van der Waals surface area (Å²) in [6, 6.07) is 12.4. The number of carbonyl (C=O) groups excluding carboxylic acids is 3. The van der Waals surface area contributed by atoms with Crippen LogP contribution in [0.3, 0.4) is 0 Å². The molecule has 0 bridgehead atoms. The molecule has 0 radical (unpaired) electrons. The molecule has 0 aliphatic rings. The molecule has 0 saturated carbocycles. The molecule has 0 heterocycles. The lowest BCUT2D eigenvalue weighted by atomic mass is 10.2. The minimum Gasteiger partial charge on any atom is -0.449 e. The molecule has 1 atom stereocenters. The van der Waals surface area contributed by atoms with E-state index < -0.39 is 23.8 Å². The first-order valence-electron chi connectivity index (χ1n) is 9.05. The van der Waals surface area contributed by atoms with Crippen molar-refractivity contribution in [3.05, 3.63) is 59.9 Å². The van der Waals surface area contributed by atoms with Crippen LogP contribution in [0.15, 0.2) is 53.4 Å². The summed E-state index contributed by atoms with van der Waals surface area (Å²) in [6.07, 6.45) is -1.13. The highest BCUT2D eigenvalue weighted by molar-refractivity contribution is 8.00. The summed E-state index contributed by atoms with van der Waals surface area (Å²) < 4.78 is 18.9. The van der Waals surface area contributed by atoms with E-state index >= 15 is 0 Å². The van der Waals surface area contributed by atoms with Crippen molar-refractivity contribution in [2.45, 2.75) is 37.8 Å². The van der Waals surface area contributed by atoms with Gasteiger partial charge in [0, 0.05) is 10.9 Å². The molecular weight excluding hydrogens is 395 g/mol. The van der Waals surface area contributed by atoms with E-state index in [1.165, 1.54) is 36.9 Å². The Labute approximate surface area is 173 Å². The van der Waals surface area contributed by atoms with Crippen molar-refractivity contribution in [1.29, 1.82) is 0 Å². The highest BCUT2D eigenvalue weighted by atomic mass is 32.2. The van der Waals surface area contributed by atoms with Crippen LogP contribution in [-0.2, 0) is 14.3 Å². The molecule has 2 amide bonds. The summed E-state index contributed by atoms with van der Waals surface area (Å²) in [5.41, 5.74) is 0.257. The second-order valence-electron chi connectivity index (χ2n) is 6.52. The fraction of sp³-hybridized carbons (Fsp3) is 0.286. The monoisotopic (exact) mass is 418 g/mol. The van der Waals surface area contributed by atoms with Crippen molar-refractivity contribution in [2.24, 2.45) is 0 Å². The molecule has 154 valence electrons. The molecule has 8 heteroatoms. The maximum absolute atomic E-state index is 13.7. The molecule has 0 aliphatic heterocycles. The van der Waals surface area contributed by atoms with Gasteiger partial charge in [-0.2, -0.15) is 0 Å². The van der Waals surface area contributed by atoms with Crippen molar-refractivity contribution in [3.8, 4) is 0 Å². The number of esters is 1. The topological polar surface area (TPSA) is 84.5 Å². The van der Waals surface area contributed by atoms with E-state index in [9.17, 15) is 18.8 Å². The van der Waals surface area contributed by atoms with E-state index in [0.717, 1.165) is 0 Å². The van der Waals surface area contributed by atoms with Gasteiger partial charge in [0.25, 0.3) is 5.91 Å². The molecule has 0 aromatic heterocycles. The Bertz CT molecular complexity index is 888. The number of benzene rings is 2. The third-order valence-electron chi connectivity index (χ3n) is 3.70. The molecular formula is C21H23FN2O4S. The first kappa shape index (κ1) is 22.4. The van der Waals surface area contributed by atoms with Crippen molar-refractivity contribution >= 4 is 35.2 Å². The van der Waals surface area contributed by atoms with Gasteiger partial charge in [-0.05, 0) is 45.0 Å². The molecule has 0 aliphatic carbocycles.